The number of hydrogen-bond acceptors (Lipinski definition) is 6. The van der Waals surface area contributed by atoms with E-state index < -0.39 is 0 Å². The fourth-order valence-electron chi connectivity index (χ4n) is 3.41. The largest absolute Gasteiger partial charge is 0.454 e. The van der Waals surface area contributed by atoms with Gasteiger partial charge in [0.05, 0.1) is 12.3 Å². The molecule has 0 bridgehead atoms. The fraction of sp³-hybridized carbons (Fsp3) is 0.421. The maximum Gasteiger partial charge on any atom is 0.291 e. The SMILES string of the molecule is COCCNC(=O)c1nc(C(=O)Nc2ccc3c(c2)OCO3)n2c1CCCC2. The molecule has 0 saturated heterocycles. The molecule has 3 heterocycles. The molecule has 2 aliphatic heterocycles. The van der Waals surface area contributed by atoms with Crippen molar-refractivity contribution in [2.45, 2.75) is 25.8 Å². The van der Waals surface area contributed by atoms with Gasteiger partial charge in [-0.1, -0.05) is 0 Å². The topological polar surface area (TPSA) is 104 Å². The summed E-state index contributed by atoms with van der Waals surface area (Å²) < 4.78 is 17.4. The second-order valence-electron chi connectivity index (χ2n) is 6.61. The summed E-state index contributed by atoms with van der Waals surface area (Å²) in [5, 5.41) is 5.61. The fourth-order valence-corrected chi connectivity index (χ4v) is 3.41. The van der Waals surface area contributed by atoms with E-state index in [9.17, 15) is 9.59 Å². The second kappa shape index (κ2) is 7.89. The molecular weight excluding hydrogens is 364 g/mol. The van der Waals surface area contributed by atoms with Crippen molar-refractivity contribution < 1.29 is 23.8 Å². The zero-order chi connectivity index (χ0) is 19.5. The number of nitrogens with one attached hydrogen (secondary N) is 2. The first kappa shape index (κ1) is 18.3. The minimum absolute atomic E-state index is 0.169. The van der Waals surface area contributed by atoms with Gasteiger partial charge < -0.3 is 29.4 Å². The Morgan fingerprint density at radius 1 is 1.21 bits per heavy atom. The molecule has 2 amide bonds. The Hall–Kier alpha value is -3.07. The number of benzene rings is 1. The Kier molecular flexibility index (Phi) is 5.16. The minimum atomic E-state index is -0.363. The van der Waals surface area contributed by atoms with Crippen LogP contribution < -0.4 is 20.1 Å². The Bertz CT molecular complexity index is 908. The van der Waals surface area contributed by atoms with Gasteiger partial charge in [0.25, 0.3) is 11.8 Å². The maximum atomic E-state index is 12.9. The van der Waals surface area contributed by atoms with Gasteiger partial charge in [-0.25, -0.2) is 4.98 Å². The molecule has 0 atom stereocenters. The predicted molar refractivity (Wildman–Crippen MR) is 99.9 cm³/mol. The second-order valence-corrected chi connectivity index (χ2v) is 6.61. The predicted octanol–water partition coefficient (Wildman–Crippen LogP) is 1.58. The number of nitrogens with zero attached hydrogens (tertiary/aromatic N) is 2. The van der Waals surface area contributed by atoms with Crippen molar-refractivity contribution in [1.82, 2.24) is 14.9 Å². The lowest BCUT2D eigenvalue weighted by atomic mass is 10.1. The molecule has 28 heavy (non-hydrogen) atoms. The van der Waals surface area contributed by atoms with E-state index in [0.717, 1.165) is 25.0 Å². The summed E-state index contributed by atoms with van der Waals surface area (Å²) in [6.45, 7) is 1.64. The van der Waals surface area contributed by atoms with Crippen LogP contribution >= 0.6 is 0 Å². The van der Waals surface area contributed by atoms with Crippen LogP contribution in [0.15, 0.2) is 18.2 Å². The molecule has 2 aromatic rings. The number of methoxy groups -OCH3 is 1. The summed E-state index contributed by atoms with van der Waals surface area (Å²) in [5.74, 6) is 0.819. The van der Waals surface area contributed by atoms with Crippen molar-refractivity contribution >= 4 is 17.5 Å². The van der Waals surface area contributed by atoms with Crippen LogP contribution in [0.1, 0.15) is 39.6 Å². The molecule has 9 nitrogen and oxygen atoms in total. The molecule has 1 aromatic heterocycles. The third-order valence-electron chi connectivity index (χ3n) is 4.76. The Balaban J connectivity index is 1.56. The van der Waals surface area contributed by atoms with Gasteiger partial charge in [-0.3, -0.25) is 9.59 Å². The highest BCUT2D eigenvalue weighted by Gasteiger charge is 2.27. The van der Waals surface area contributed by atoms with Crippen LogP contribution in [0.25, 0.3) is 0 Å². The van der Waals surface area contributed by atoms with Crippen molar-refractivity contribution in [2.24, 2.45) is 0 Å². The maximum absolute atomic E-state index is 12.9. The van der Waals surface area contributed by atoms with E-state index >= 15 is 0 Å². The van der Waals surface area contributed by atoms with Crippen LogP contribution in [0.4, 0.5) is 5.69 Å². The number of amides is 2. The zero-order valence-corrected chi connectivity index (χ0v) is 15.6. The average Bonchev–Trinajstić information content (AvgIpc) is 3.32. The first-order valence-electron chi connectivity index (χ1n) is 9.25. The van der Waals surface area contributed by atoms with Gasteiger partial charge in [0.15, 0.2) is 17.3 Å². The molecule has 1 aromatic carbocycles. The first-order valence-corrected chi connectivity index (χ1v) is 9.25. The lowest BCUT2D eigenvalue weighted by Crippen LogP contribution is -2.28. The van der Waals surface area contributed by atoms with E-state index in [1.165, 1.54) is 0 Å². The number of fused-ring (bicyclic) bond motifs is 2. The molecule has 2 N–H and O–H groups in total. The molecule has 0 unspecified atom stereocenters. The van der Waals surface area contributed by atoms with Gasteiger partial charge in [0.1, 0.15) is 5.69 Å². The summed E-state index contributed by atoms with van der Waals surface area (Å²) in [4.78, 5) is 29.8. The summed E-state index contributed by atoms with van der Waals surface area (Å²) >= 11 is 0. The van der Waals surface area contributed by atoms with Crippen LogP contribution in [0.2, 0.25) is 0 Å². The summed E-state index contributed by atoms with van der Waals surface area (Å²) in [5.41, 5.74) is 1.69. The minimum Gasteiger partial charge on any atom is -0.454 e. The highest BCUT2D eigenvalue weighted by Crippen LogP contribution is 2.34. The Morgan fingerprint density at radius 2 is 2.07 bits per heavy atom. The monoisotopic (exact) mass is 386 g/mol. The molecule has 0 radical (unpaired) electrons. The Labute approximate surface area is 162 Å². The molecule has 4 rings (SSSR count). The van der Waals surface area contributed by atoms with E-state index in [1.807, 2.05) is 4.57 Å². The number of aromatic nitrogens is 2. The quantitative estimate of drug-likeness (QED) is 0.731. The van der Waals surface area contributed by atoms with Gasteiger partial charge in [0, 0.05) is 32.0 Å². The first-order chi connectivity index (χ1) is 13.7. The lowest BCUT2D eigenvalue weighted by molar-refractivity contribution is 0.0931. The van der Waals surface area contributed by atoms with Crippen LogP contribution in [-0.2, 0) is 17.7 Å². The molecule has 0 fully saturated rings. The number of carbonyl (C=O) groups excluding carboxylic acids is 2. The summed E-state index contributed by atoms with van der Waals surface area (Å²) in [7, 11) is 1.57. The van der Waals surface area contributed by atoms with E-state index in [1.54, 1.807) is 25.3 Å². The van der Waals surface area contributed by atoms with Crippen molar-refractivity contribution in [1.29, 1.82) is 0 Å². The van der Waals surface area contributed by atoms with Crippen molar-refractivity contribution in [3.05, 3.63) is 35.4 Å². The standard InChI is InChI=1S/C19H22N4O5/c1-26-9-7-20-18(24)16-13-4-2-3-8-23(13)17(22-16)19(25)21-12-5-6-14-15(10-12)28-11-27-14/h5-6,10H,2-4,7-9,11H2,1H3,(H,20,24)(H,21,25). The normalized spacial score (nSPS) is 14.5. The van der Waals surface area contributed by atoms with Crippen LogP contribution in [0.3, 0.4) is 0 Å². The number of imidazole rings is 1. The smallest absolute Gasteiger partial charge is 0.291 e. The van der Waals surface area contributed by atoms with E-state index in [-0.39, 0.29) is 24.4 Å². The molecule has 148 valence electrons. The van der Waals surface area contributed by atoms with E-state index in [2.05, 4.69) is 15.6 Å². The van der Waals surface area contributed by atoms with Gasteiger partial charge in [-0.2, -0.15) is 0 Å². The van der Waals surface area contributed by atoms with Crippen molar-refractivity contribution in [3.8, 4) is 11.5 Å². The highest BCUT2D eigenvalue weighted by atomic mass is 16.7. The van der Waals surface area contributed by atoms with Crippen molar-refractivity contribution in [2.75, 3.05) is 32.4 Å². The number of rotatable bonds is 6. The van der Waals surface area contributed by atoms with Crippen molar-refractivity contribution in [3.63, 3.8) is 0 Å². The molecular formula is C19H22N4O5. The van der Waals surface area contributed by atoms with Gasteiger partial charge in [-0.05, 0) is 31.4 Å². The number of hydrogen-bond donors (Lipinski definition) is 2. The molecule has 0 spiro atoms. The highest BCUT2D eigenvalue weighted by molar-refractivity contribution is 6.03. The van der Waals surface area contributed by atoms with Gasteiger partial charge in [0.2, 0.25) is 6.79 Å². The zero-order valence-electron chi connectivity index (χ0n) is 15.6. The van der Waals surface area contributed by atoms with Crippen LogP contribution in [-0.4, -0.2) is 48.4 Å². The summed E-state index contributed by atoms with van der Waals surface area (Å²) in [6, 6.07) is 5.19. The number of anilines is 1. The third kappa shape index (κ3) is 3.53. The van der Waals surface area contributed by atoms with Gasteiger partial charge in [-0.15, -0.1) is 0 Å². The van der Waals surface area contributed by atoms with Gasteiger partial charge >= 0.3 is 0 Å². The summed E-state index contributed by atoms with van der Waals surface area (Å²) in [6.07, 6.45) is 2.63. The number of ether oxygens (including phenoxy) is 3. The Morgan fingerprint density at radius 3 is 2.93 bits per heavy atom. The molecule has 9 heteroatoms. The molecule has 0 aliphatic carbocycles. The molecule has 2 aliphatic rings. The third-order valence-corrected chi connectivity index (χ3v) is 4.76. The lowest BCUT2D eigenvalue weighted by Gasteiger charge is -2.17. The average molecular weight is 386 g/mol. The van der Waals surface area contributed by atoms with E-state index in [4.69, 9.17) is 14.2 Å². The van der Waals surface area contributed by atoms with Crippen LogP contribution in [0, 0.1) is 0 Å². The molecule has 0 saturated carbocycles. The van der Waals surface area contributed by atoms with E-state index in [0.29, 0.717) is 42.6 Å². The number of carbonyl (C=O) groups is 2. The van der Waals surface area contributed by atoms with Crippen LogP contribution in [0.5, 0.6) is 11.5 Å².